The Bertz CT molecular complexity index is 382. The second kappa shape index (κ2) is 7.86. The van der Waals surface area contributed by atoms with Gasteiger partial charge in [0.25, 0.3) is 0 Å². The van der Waals surface area contributed by atoms with Gasteiger partial charge in [0.15, 0.2) is 0 Å². The van der Waals surface area contributed by atoms with Crippen molar-refractivity contribution in [2.45, 2.75) is 78.6 Å². The Morgan fingerprint density at radius 1 is 0.850 bits per heavy atom. The third-order valence-corrected chi connectivity index (χ3v) is 5.19. The molecule has 0 aliphatic heterocycles. The lowest BCUT2D eigenvalue weighted by atomic mass is 9.83. The van der Waals surface area contributed by atoms with Gasteiger partial charge in [0.05, 0.1) is 0 Å². The third kappa shape index (κ3) is 4.65. The molecule has 0 unspecified atom stereocenters. The predicted octanol–water partition coefficient (Wildman–Crippen LogP) is 6.60. The SMILES string of the molecule is CC1=CCC(C)=C(C2CCCCC(C)CCCC2)C=C1. The Kier molecular flexibility index (Phi) is 6.13. The maximum absolute atomic E-state index is 2.44. The van der Waals surface area contributed by atoms with Crippen molar-refractivity contribution in [3.63, 3.8) is 0 Å². The van der Waals surface area contributed by atoms with Crippen molar-refractivity contribution in [3.05, 3.63) is 34.9 Å². The van der Waals surface area contributed by atoms with Crippen LogP contribution in [0.1, 0.15) is 78.6 Å². The van der Waals surface area contributed by atoms with Gasteiger partial charge in [0, 0.05) is 0 Å². The summed E-state index contributed by atoms with van der Waals surface area (Å²) in [5.74, 6) is 1.77. The van der Waals surface area contributed by atoms with Crippen LogP contribution in [-0.2, 0) is 0 Å². The van der Waals surface area contributed by atoms with Crippen LogP contribution in [0.25, 0.3) is 0 Å². The van der Waals surface area contributed by atoms with E-state index in [1.165, 1.54) is 56.9 Å². The van der Waals surface area contributed by atoms with E-state index in [0.717, 1.165) is 18.3 Å². The molecule has 2 aliphatic carbocycles. The van der Waals surface area contributed by atoms with Gasteiger partial charge in [-0.3, -0.25) is 0 Å². The predicted molar refractivity (Wildman–Crippen MR) is 89.8 cm³/mol. The van der Waals surface area contributed by atoms with Gasteiger partial charge in [-0.1, -0.05) is 74.8 Å². The summed E-state index contributed by atoms with van der Waals surface area (Å²) >= 11 is 0. The first kappa shape index (κ1) is 15.6. The molecule has 2 aliphatic rings. The molecule has 112 valence electrons. The fourth-order valence-electron chi connectivity index (χ4n) is 3.71. The van der Waals surface area contributed by atoms with Gasteiger partial charge in [-0.25, -0.2) is 0 Å². The van der Waals surface area contributed by atoms with E-state index in [9.17, 15) is 0 Å². The van der Waals surface area contributed by atoms with Crippen LogP contribution in [0, 0.1) is 11.8 Å². The highest BCUT2D eigenvalue weighted by Crippen LogP contribution is 2.33. The Hall–Kier alpha value is -0.780. The fraction of sp³-hybridized carbons (Fsp3) is 0.700. The Balaban J connectivity index is 2.03. The minimum atomic E-state index is 0.818. The molecule has 0 aromatic rings. The summed E-state index contributed by atoms with van der Waals surface area (Å²) in [6, 6.07) is 0. The van der Waals surface area contributed by atoms with Crippen molar-refractivity contribution < 1.29 is 0 Å². The molecule has 0 saturated heterocycles. The summed E-state index contributed by atoms with van der Waals surface area (Å²) in [7, 11) is 0. The molecule has 0 atom stereocenters. The van der Waals surface area contributed by atoms with E-state index in [2.05, 4.69) is 39.0 Å². The molecule has 0 aromatic carbocycles. The quantitative estimate of drug-likeness (QED) is 0.504. The van der Waals surface area contributed by atoms with E-state index in [1.807, 2.05) is 0 Å². The standard InChI is InChI=1S/C20H32/c1-16-8-4-6-10-19(11-7-5-9-16)20-15-13-17(2)12-14-18(20)3/h12-13,15-16,19H,4-11,14H2,1-3H3. The molecule has 0 nitrogen and oxygen atoms in total. The van der Waals surface area contributed by atoms with E-state index in [1.54, 1.807) is 11.1 Å². The lowest BCUT2D eigenvalue weighted by Gasteiger charge is -2.23. The minimum absolute atomic E-state index is 0.818. The van der Waals surface area contributed by atoms with Crippen molar-refractivity contribution in [2.24, 2.45) is 11.8 Å². The third-order valence-electron chi connectivity index (χ3n) is 5.19. The molecular formula is C20H32. The van der Waals surface area contributed by atoms with Crippen LogP contribution in [0.4, 0.5) is 0 Å². The maximum atomic E-state index is 2.44. The highest BCUT2D eigenvalue weighted by Gasteiger charge is 2.17. The van der Waals surface area contributed by atoms with Crippen LogP contribution in [0.2, 0.25) is 0 Å². The Morgan fingerprint density at radius 3 is 2.10 bits per heavy atom. The molecule has 0 heterocycles. The molecular weight excluding hydrogens is 240 g/mol. The van der Waals surface area contributed by atoms with Gasteiger partial charge in [-0.2, -0.15) is 0 Å². The largest absolute Gasteiger partial charge is 0.0775 e. The van der Waals surface area contributed by atoms with E-state index in [0.29, 0.717) is 0 Å². The second-order valence-corrected chi connectivity index (χ2v) is 7.09. The van der Waals surface area contributed by atoms with Crippen molar-refractivity contribution in [1.29, 1.82) is 0 Å². The van der Waals surface area contributed by atoms with Crippen molar-refractivity contribution in [3.8, 4) is 0 Å². The first-order chi connectivity index (χ1) is 9.66. The van der Waals surface area contributed by atoms with Gasteiger partial charge < -0.3 is 0 Å². The zero-order valence-electron chi connectivity index (χ0n) is 13.8. The first-order valence-corrected chi connectivity index (χ1v) is 8.71. The van der Waals surface area contributed by atoms with Gasteiger partial charge >= 0.3 is 0 Å². The average molecular weight is 272 g/mol. The zero-order chi connectivity index (χ0) is 14.4. The van der Waals surface area contributed by atoms with Gasteiger partial charge in [0.2, 0.25) is 0 Å². The summed E-state index contributed by atoms with van der Waals surface area (Å²) < 4.78 is 0. The van der Waals surface area contributed by atoms with E-state index in [-0.39, 0.29) is 0 Å². The number of allylic oxidation sites excluding steroid dienone is 6. The summed E-state index contributed by atoms with van der Waals surface area (Å²) in [5, 5.41) is 0. The zero-order valence-corrected chi connectivity index (χ0v) is 13.8. The van der Waals surface area contributed by atoms with Crippen molar-refractivity contribution in [2.75, 3.05) is 0 Å². The van der Waals surface area contributed by atoms with Crippen LogP contribution in [-0.4, -0.2) is 0 Å². The number of hydrogen-bond acceptors (Lipinski definition) is 0. The fourth-order valence-corrected chi connectivity index (χ4v) is 3.71. The Morgan fingerprint density at radius 2 is 1.45 bits per heavy atom. The smallest absolute Gasteiger partial charge is 0.0130 e. The van der Waals surface area contributed by atoms with Gasteiger partial charge in [0.1, 0.15) is 0 Å². The molecule has 0 radical (unpaired) electrons. The highest BCUT2D eigenvalue weighted by molar-refractivity contribution is 5.36. The molecule has 2 rings (SSSR count). The van der Waals surface area contributed by atoms with Gasteiger partial charge in [-0.15, -0.1) is 0 Å². The van der Waals surface area contributed by atoms with Crippen LogP contribution in [0.3, 0.4) is 0 Å². The van der Waals surface area contributed by atoms with Crippen LogP contribution in [0.15, 0.2) is 34.9 Å². The number of rotatable bonds is 1. The molecule has 1 fully saturated rings. The van der Waals surface area contributed by atoms with E-state index in [4.69, 9.17) is 0 Å². The molecule has 0 N–H and O–H groups in total. The first-order valence-electron chi connectivity index (χ1n) is 8.71. The molecule has 0 heteroatoms. The van der Waals surface area contributed by atoms with Crippen LogP contribution in [0.5, 0.6) is 0 Å². The molecule has 0 bridgehead atoms. The summed E-state index contributed by atoms with van der Waals surface area (Å²) in [5.41, 5.74) is 4.69. The summed E-state index contributed by atoms with van der Waals surface area (Å²) in [4.78, 5) is 0. The van der Waals surface area contributed by atoms with Gasteiger partial charge in [-0.05, 0) is 50.5 Å². The van der Waals surface area contributed by atoms with Crippen molar-refractivity contribution in [1.82, 2.24) is 0 Å². The second-order valence-electron chi connectivity index (χ2n) is 7.09. The summed E-state index contributed by atoms with van der Waals surface area (Å²) in [6.07, 6.45) is 19.7. The van der Waals surface area contributed by atoms with E-state index < -0.39 is 0 Å². The monoisotopic (exact) mass is 272 g/mol. The molecule has 0 amide bonds. The van der Waals surface area contributed by atoms with Crippen LogP contribution >= 0.6 is 0 Å². The number of hydrogen-bond donors (Lipinski definition) is 0. The Labute approximate surface area is 126 Å². The van der Waals surface area contributed by atoms with Crippen molar-refractivity contribution >= 4 is 0 Å². The maximum Gasteiger partial charge on any atom is -0.0130 e. The summed E-state index contributed by atoms with van der Waals surface area (Å²) in [6.45, 7) is 7.01. The lowest BCUT2D eigenvalue weighted by molar-refractivity contribution is 0.380. The average Bonchev–Trinajstić information content (AvgIpc) is 2.60. The van der Waals surface area contributed by atoms with Crippen LogP contribution < -0.4 is 0 Å². The molecule has 1 saturated carbocycles. The highest BCUT2D eigenvalue weighted by atomic mass is 14.2. The van der Waals surface area contributed by atoms with E-state index >= 15 is 0 Å². The molecule has 20 heavy (non-hydrogen) atoms. The topological polar surface area (TPSA) is 0 Å². The normalized spacial score (nSPS) is 29.9. The molecule has 0 spiro atoms. The minimum Gasteiger partial charge on any atom is -0.0775 e. The lowest BCUT2D eigenvalue weighted by Crippen LogP contribution is -2.08. The molecule has 0 aromatic heterocycles.